The number of likely N-dealkylation sites (tertiary alicyclic amines) is 1. The van der Waals surface area contributed by atoms with Gasteiger partial charge in [0.25, 0.3) is 0 Å². The first-order chi connectivity index (χ1) is 22.0. The van der Waals surface area contributed by atoms with Gasteiger partial charge in [-0.15, -0.1) is 5.10 Å². The molecule has 6 rings (SSSR count). The molecule has 11 nitrogen and oxygen atoms in total. The summed E-state index contributed by atoms with van der Waals surface area (Å²) in [5, 5.41) is 13.7. The molecule has 0 aliphatic carbocycles. The molecule has 0 bridgehead atoms. The Bertz CT molecular complexity index is 1750. The van der Waals surface area contributed by atoms with Crippen LogP contribution in [-0.2, 0) is 31.0 Å². The van der Waals surface area contributed by atoms with Crippen LogP contribution in [0.15, 0.2) is 67.3 Å². The molecule has 0 atom stereocenters. The van der Waals surface area contributed by atoms with Gasteiger partial charge in [-0.05, 0) is 55.7 Å². The summed E-state index contributed by atoms with van der Waals surface area (Å²) >= 11 is 0. The summed E-state index contributed by atoms with van der Waals surface area (Å²) < 4.78 is 17.2. The van der Waals surface area contributed by atoms with E-state index in [1.54, 1.807) is 18.2 Å². The van der Waals surface area contributed by atoms with E-state index in [9.17, 15) is 4.79 Å². The predicted molar refractivity (Wildman–Crippen MR) is 171 cm³/mol. The standard InChI is InChI=1S/C32H34N8O3.C2H6/c1-3-38-22-34-18-27(38)19-39-29-16-25(32(41)42-2)8-9-28(29)35-30(39)20-37-13-10-26(11-14-37)40-15-12-31(36-40)43-21-24-6-4-23(17-33)5-7-24;1-2/h4-9,12,15-16,18,22,26H,3,10-11,13-14,19-21H2,1-2H3;1-2H3. The van der Waals surface area contributed by atoms with Crippen LogP contribution >= 0.6 is 0 Å². The second-order valence-corrected chi connectivity index (χ2v) is 10.7. The molecule has 11 heteroatoms. The Balaban J connectivity index is 0.00000196. The molecule has 0 radical (unpaired) electrons. The van der Waals surface area contributed by atoms with E-state index in [2.05, 4.69) is 37.1 Å². The van der Waals surface area contributed by atoms with Gasteiger partial charge < -0.3 is 18.6 Å². The zero-order valence-electron chi connectivity index (χ0n) is 26.4. The lowest BCUT2D eigenvalue weighted by Crippen LogP contribution is -2.35. The third-order valence-corrected chi connectivity index (χ3v) is 8.06. The Morgan fingerprint density at radius 2 is 1.84 bits per heavy atom. The second kappa shape index (κ2) is 14.7. The molecule has 0 amide bonds. The summed E-state index contributed by atoms with van der Waals surface area (Å²) in [4.78, 5) is 24.1. The average Bonchev–Trinajstić information content (AvgIpc) is 3.84. The number of fused-ring (bicyclic) bond motifs is 1. The van der Waals surface area contributed by atoms with E-state index in [0.717, 1.165) is 60.6 Å². The van der Waals surface area contributed by atoms with Gasteiger partial charge in [0.1, 0.15) is 12.4 Å². The number of rotatable bonds is 10. The fourth-order valence-corrected chi connectivity index (χ4v) is 5.62. The summed E-state index contributed by atoms with van der Waals surface area (Å²) in [5.41, 5.74) is 4.97. The van der Waals surface area contributed by atoms with Crippen molar-refractivity contribution in [2.45, 2.75) is 65.9 Å². The summed E-state index contributed by atoms with van der Waals surface area (Å²) in [6.07, 6.45) is 7.65. The molecule has 3 aromatic heterocycles. The topological polar surface area (TPSA) is 116 Å². The summed E-state index contributed by atoms with van der Waals surface area (Å²) in [7, 11) is 1.40. The van der Waals surface area contributed by atoms with Crippen LogP contribution < -0.4 is 4.74 Å². The third kappa shape index (κ3) is 7.24. The molecule has 1 aliphatic heterocycles. The molecular formula is C34H40N8O3. The van der Waals surface area contributed by atoms with E-state index in [1.165, 1.54) is 7.11 Å². The summed E-state index contributed by atoms with van der Waals surface area (Å²) in [6.45, 7) is 10.5. The van der Waals surface area contributed by atoms with Crippen LogP contribution in [0.5, 0.6) is 5.88 Å². The Hall–Kier alpha value is -4.95. The minimum absolute atomic E-state index is 0.295. The number of methoxy groups -OCH3 is 1. The third-order valence-electron chi connectivity index (χ3n) is 8.06. The number of hydrogen-bond acceptors (Lipinski definition) is 8. The lowest BCUT2D eigenvalue weighted by atomic mass is 10.1. The molecule has 1 saturated heterocycles. The van der Waals surface area contributed by atoms with E-state index < -0.39 is 0 Å². The van der Waals surface area contributed by atoms with Crippen molar-refractivity contribution in [3.05, 3.63) is 95.5 Å². The van der Waals surface area contributed by atoms with E-state index in [4.69, 9.17) is 19.7 Å². The SMILES string of the molecule is CC.CCn1cncc1Cn1c(CN2CCC(n3ccc(OCc4ccc(C#N)cc4)n3)CC2)nc2ccc(C(=O)OC)cc21. The molecule has 5 aromatic rings. The first kappa shape index (κ1) is 31.5. The monoisotopic (exact) mass is 608 g/mol. The maximum absolute atomic E-state index is 12.3. The minimum atomic E-state index is -0.363. The molecule has 0 spiro atoms. The summed E-state index contributed by atoms with van der Waals surface area (Å²) in [5.74, 6) is 1.19. The van der Waals surface area contributed by atoms with Crippen LogP contribution in [0.3, 0.4) is 0 Å². The number of hydrogen-bond donors (Lipinski definition) is 0. The molecule has 0 saturated carbocycles. The fraction of sp³-hybridized carbons (Fsp3) is 0.382. The average molecular weight is 609 g/mol. The highest BCUT2D eigenvalue weighted by molar-refractivity contribution is 5.93. The van der Waals surface area contributed by atoms with Gasteiger partial charge in [0.15, 0.2) is 0 Å². The Morgan fingerprint density at radius 1 is 1.07 bits per heavy atom. The molecule has 1 fully saturated rings. The van der Waals surface area contributed by atoms with Crippen molar-refractivity contribution in [3.63, 3.8) is 0 Å². The van der Waals surface area contributed by atoms with Crippen LogP contribution in [0, 0.1) is 11.3 Å². The number of nitriles is 1. The molecule has 0 unspecified atom stereocenters. The number of benzene rings is 2. The van der Waals surface area contributed by atoms with Crippen LogP contribution in [0.1, 0.15) is 72.7 Å². The van der Waals surface area contributed by atoms with Crippen LogP contribution in [0.4, 0.5) is 0 Å². The largest absolute Gasteiger partial charge is 0.472 e. The predicted octanol–water partition coefficient (Wildman–Crippen LogP) is 5.60. The van der Waals surface area contributed by atoms with E-state index >= 15 is 0 Å². The van der Waals surface area contributed by atoms with Crippen molar-refractivity contribution >= 4 is 17.0 Å². The van der Waals surface area contributed by atoms with Crippen LogP contribution in [0.25, 0.3) is 11.0 Å². The number of aromatic nitrogens is 6. The van der Waals surface area contributed by atoms with E-state index in [-0.39, 0.29) is 5.97 Å². The first-order valence-electron chi connectivity index (χ1n) is 15.5. The van der Waals surface area contributed by atoms with Crippen molar-refractivity contribution in [2.24, 2.45) is 0 Å². The van der Waals surface area contributed by atoms with Gasteiger partial charge >= 0.3 is 5.97 Å². The van der Waals surface area contributed by atoms with Gasteiger partial charge in [-0.3, -0.25) is 9.58 Å². The Labute approximate surface area is 263 Å². The Kier molecular flexibility index (Phi) is 10.3. The van der Waals surface area contributed by atoms with Crippen LogP contribution in [-0.4, -0.2) is 60.0 Å². The van der Waals surface area contributed by atoms with E-state index in [0.29, 0.717) is 42.7 Å². The number of nitrogens with zero attached hydrogens (tertiary/aromatic N) is 8. The summed E-state index contributed by atoms with van der Waals surface area (Å²) in [6, 6.07) is 17.2. The highest BCUT2D eigenvalue weighted by Crippen LogP contribution is 2.26. The van der Waals surface area contributed by atoms with Crippen molar-refractivity contribution in [3.8, 4) is 11.9 Å². The maximum atomic E-state index is 12.3. The lowest BCUT2D eigenvalue weighted by Gasteiger charge is -2.31. The number of piperidine rings is 1. The van der Waals surface area contributed by atoms with Crippen molar-refractivity contribution < 1.29 is 14.3 Å². The molecule has 1 aliphatic rings. The quantitative estimate of drug-likeness (QED) is 0.188. The number of carbonyl (C=O) groups is 1. The van der Waals surface area contributed by atoms with Crippen LogP contribution in [0.2, 0.25) is 0 Å². The molecule has 234 valence electrons. The normalized spacial score (nSPS) is 13.7. The number of imidazole rings is 2. The number of aryl methyl sites for hydroxylation is 1. The Morgan fingerprint density at radius 3 is 2.56 bits per heavy atom. The number of carbonyl (C=O) groups excluding carboxylic acids is 1. The number of esters is 1. The zero-order valence-corrected chi connectivity index (χ0v) is 26.4. The maximum Gasteiger partial charge on any atom is 0.337 e. The molecule has 45 heavy (non-hydrogen) atoms. The first-order valence-corrected chi connectivity index (χ1v) is 15.5. The smallest absolute Gasteiger partial charge is 0.337 e. The van der Waals surface area contributed by atoms with Gasteiger partial charge in [-0.25, -0.2) is 14.8 Å². The highest BCUT2D eigenvalue weighted by atomic mass is 16.5. The minimum Gasteiger partial charge on any atom is -0.472 e. The van der Waals surface area contributed by atoms with Gasteiger partial charge in [0, 0.05) is 38.1 Å². The van der Waals surface area contributed by atoms with E-state index in [1.807, 2.05) is 67.6 Å². The molecule has 2 aromatic carbocycles. The lowest BCUT2D eigenvalue weighted by molar-refractivity contribution is 0.0601. The van der Waals surface area contributed by atoms with Gasteiger partial charge in [0.05, 0.1) is 66.5 Å². The zero-order chi connectivity index (χ0) is 31.8. The van der Waals surface area contributed by atoms with Crippen molar-refractivity contribution in [1.29, 1.82) is 5.26 Å². The van der Waals surface area contributed by atoms with Gasteiger partial charge in [0.2, 0.25) is 5.88 Å². The number of ether oxygens (including phenoxy) is 2. The molecular weight excluding hydrogens is 568 g/mol. The second-order valence-electron chi connectivity index (χ2n) is 10.7. The van der Waals surface area contributed by atoms with Crippen molar-refractivity contribution in [2.75, 3.05) is 20.2 Å². The molecule has 0 N–H and O–H groups in total. The highest BCUT2D eigenvalue weighted by Gasteiger charge is 2.24. The van der Waals surface area contributed by atoms with Gasteiger partial charge in [-0.2, -0.15) is 5.26 Å². The van der Waals surface area contributed by atoms with Crippen molar-refractivity contribution in [1.82, 2.24) is 33.8 Å². The van der Waals surface area contributed by atoms with Gasteiger partial charge in [-0.1, -0.05) is 26.0 Å². The fourth-order valence-electron chi connectivity index (χ4n) is 5.62. The molecule has 4 heterocycles.